The number of hydrogen-bond donors (Lipinski definition) is 0. The first-order valence-electron chi connectivity index (χ1n) is 2.14. The van der Waals surface area contributed by atoms with Crippen molar-refractivity contribution in [1.82, 2.24) is 0 Å². The topological polar surface area (TPSA) is 26.3 Å². The molecule has 11 heavy (non-hydrogen) atoms. The highest BCUT2D eigenvalue weighted by molar-refractivity contribution is 5.89. The quantitative estimate of drug-likeness (QED) is 0.450. The van der Waals surface area contributed by atoms with Gasteiger partial charge in [0.2, 0.25) is 0 Å². The summed E-state index contributed by atoms with van der Waals surface area (Å²) in [5.74, 6) is -2.40. The van der Waals surface area contributed by atoms with E-state index in [4.69, 9.17) is 0 Å². The summed E-state index contributed by atoms with van der Waals surface area (Å²) in [4.78, 5) is 11.9. The Kier molecular flexibility index (Phi) is 2.97. The second-order valence-corrected chi connectivity index (χ2v) is 1.39. The predicted molar refractivity (Wildman–Crippen MR) is 22.4 cm³/mol. The van der Waals surface area contributed by atoms with Crippen LogP contribution in [0.2, 0.25) is 0 Å². The SMILES string of the molecule is O=C(OF)C(=CF)C(F)(F)F. The Morgan fingerprint density at radius 2 is 1.82 bits per heavy atom. The average molecular weight is 176 g/mol. The molecule has 0 fully saturated rings. The summed E-state index contributed by atoms with van der Waals surface area (Å²) >= 11 is 0. The third kappa shape index (κ3) is 2.52. The molecule has 0 aromatic heterocycles. The molecular weight excluding hydrogens is 175 g/mol. The van der Waals surface area contributed by atoms with Crippen LogP contribution in [0.5, 0.6) is 0 Å². The van der Waals surface area contributed by atoms with E-state index in [0.717, 1.165) is 0 Å². The van der Waals surface area contributed by atoms with Gasteiger partial charge in [0.1, 0.15) is 6.33 Å². The van der Waals surface area contributed by atoms with Crippen LogP contribution in [0.1, 0.15) is 0 Å². The van der Waals surface area contributed by atoms with Gasteiger partial charge in [0.05, 0.1) is 0 Å². The molecule has 0 aliphatic carbocycles. The zero-order valence-corrected chi connectivity index (χ0v) is 4.78. The fourth-order valence-electron chi connectivity index (χ4n) is 0.264. The summed E-state index contributed by atoms with van der Waals surface area (Å²) in [5.41, 5.74) is -2.32. The van der Waals surface area contributed by atoms with Crippen molar-refractivity contribution in [2.24, 2.45) is 0 Å². The van der Waals surface area contributed by atoms with Crippen LogP contribution in [0.15, 0.2) is 11.9 Å². The van der Waals surface area contributed by atoms with E-state index in [1.165, 1.54) is 0 Å². The summed E-state index contributed by atoms with van der Waals surface area (Å²) in [6.45, 7) is 0. The van der Waals surface area contributed by atoms with Crippen molar-refractivity contribution in [1.29, 1.82) is 0 Å². The maximum atomic E-state index is 11.4. The van der Waals surface area contributed by atoms with Crippen LogP contribution in [-0.4, -0.2) is 12.1 Å². The number of hydrogen-bond acceptors (Lipinski definition) is 2. The minimum Gasteiger partial charge on any atom is -0.249 e. The molecule has 0 heterocycles. The maximum absolute atomic E-state index is 11.4. The van der Waals surface area contributed by atoms with Crippen LogP contribution in [0.3, 0.4) is 0 Å². The molecule has 0 radical (unpaired) electrons. The Hall–Kier alpha value is -1.14. The predicted octanol–water partition coefficient (Wildman–Crippen LogP) is 1.83. The van der Waals surface area contributed by atoms with E-state index in [0.29, 0.717) is 0 Å². The molecule has 64 valence electrons. The van der Waals surface area contributed by atoms with Crippen molar-refractivity contribution in [2.45, 2.75) is 6.18 Å². The molecule has 0 saturated carbocycles. The summed E-state index contributed by atoms with van der Waals surface area (Å²) in [6, 6.07) is 0. The average Bonchev–Trinajstić information content (AvgIpc) is 1.86. The van der Waals surface area contributed by atoms with Crippen molar-refractivity contribution in [3.63, 3.8) is 0 Å². The van der Waals surface area contributed by atoms with E-state index in [1.807, 2.05) is 0 Å². The Morgan fingerprint density at radius 1 is 1.36 bits per heavy atom. The lowest BCUT2D eigenvalue weighted by Gasteiger charge is -2.03. The fraction of sp³-hybridized carbons (Fsp3) is 0.250. The minimum absolute atomic E-state index is 1.07. The molecule has 0 spiro atoms. The van der Waals surface area contributed by atoms with Crippen LogP contribution in [0.4, 0.5) is 22.1 Å². The molecule has 2 nitrogen and oxygen atoms in total. The van der Waals surface area contributed by atoms with Crippen molar-refractivity contribution in [3.8, 4) is 0 Å². The lowest BCUT2D eigenvalue weighted by molar-refractivity contribution is -0.187. The van der Waals surface area contributed by atoms with Crippen molar-refractivity contribution < 1.29 is 31.8 Å². The van der Waals surface area contributed by atoms with E-state index in [-0.39, 0.29) is 0 Å². The van der Waals surface area contributed by atoms with Crippen LogP contribution in [0.25, 0.3) is 0 Å². The highest BCUT2D eigenvalue weighted by Crippen LogP contribution is 2.26. The smallest absolute Gasteiger partial charge is 0.249 e. The lowest BCUT2D eigenvalue weighted by Crippen LogP contribution is -2.19. The van der Waals surface area contributed by atoms with Gasteiger partial charge in [-0.3, -0.25) is 0 Å². The second-order valence-electron chi connectivity index (χ2n) is 1.39. The molecule has 0 rings (SSSR count). The number of alkyl halides is 3. The normalized spacial score (nSPS) is 13.0. The summed E-state index contributed by atoms with van der Waals surface area (Å²) in [7, 11) is 0. The standard InChI is InChI=1S/C4HF5O2/c5-1-2(3(10)11-9)4(6,7)8/h1H. The van der Waals surface area contributed by atoms with Crippen molar-refractivity contribution >= 4 is 5.97 Å². The largest absolute Gasteiger partial charge is 0.425 e. The Morgan fingerprint density at radius 3 is 1.91 bits per heavy atom. The van der Waals surface area contributed by atoms with Gasteiger partial charge in [-0.1, -0.05) is 0 Å². The maximum Gasteiger partial charge on any atom is 0.425 e. The molecule has 0 aliphatic rings. The molecule has 0 atom stereocenters. The number of carbonyl (C=O) groups excluding carboxylic acids is 1. The first-order chi connectivity index (χ1) is 4.93. The van der Waals surface area contributed by atoms with Gasteiger partial charge < -0.3 is 0 Å². The van der Waals surface area contributed by atoms with Gasteiger partial charge in [-0.05, 0) is 0 Å². The van der Waals surface area contributed by atoms with E-state index in [1.54, 1.807) is 0 Å². The molecule has 0 amide bonds. The highest BCUT2D eigenvalue weighted by atomic mass is 19.4. The zero-order valence-electron chi connectivity index (χ0n) is 4.78. The molecule has 0 aromatic rings. The molecule has 0 bridgehead atoms. The van der Waals surface area contributed by atoms with Gasteiger partial charge in [0.25, 0.3) is 0 Å². The molecule has 7 heteroatoms. The van der Waals surface area contributed by atoms with Gasteiger partial charge in [0, 0.05) is 4.53 Å². The molecule has 0 unspecified atom stereocenters. The van der Waals surface area contributed by atoms with Gasteiger partial charge in [0.15, 0.2) is 5.57 Å². The number of rotatable bonds is 1. The summed E-state index contributed by atoms with van der Waals surface area (Å²) < 4.78 is 56.2. The van der Waals surface area contributed by atoms with E-state index < -0.39 is 24.0 Å². The zero-order chi connectivity index (χ0) is 9.07. The van der Waals surface area contributed by atoms with Crippen LogP contribution in [-0.2, 0) is 9.74 Å². The second kappa shape index (κ2) is 3.31. The Balaban J connectivity index is 4.58. The summed E-state index contributed by atoms with van der Waals surface area (Å²) in [5, 5.41) is 0. The third-order valence-corrected chi connectivity index (χ3v) is 0.704. The third-order valence-electron chi connectivity index (χ3n) is 0.704. The first-order valence-corrected chi connectivity index (χ1v) is 2.14. The Labute approximate surface area is 57.1 Å². The van der Waals surface area contributed by atoms with E-state index in [2.05, 4.69) is 4.94 Å². The molecule has 0 N–H and O–H groups in total. The minimum atomic E-state index is -5.24. The van der Waals surface area contributed by atoms with Crippen LogP contribution in [0, 0.1) is 0 Å². The molecular formula is C4HF5O2. The monoisotopic (exact) mass is 176 g/mol. The van der Waals surface area contributed by atoms with Gasteiger partial charge >= 0.3 is 12.1 Å². The molecule has 0 aliphatic heterocycles. The van der Waals surface area contributed by atoms with Gasteiger partial charge in [-0.25, -0.2) is 14.1 Å². The number of carbonyl (C=O) groups is 1. The van der Waals surface area contributed by atoms with E-state index in [9.17, 15) is 26.9 Å². The molecule has 0 saturated heterocycles. The highest BCUT2D eigenvalue weighted by Gasteiger charge is 2.40. The van der Waals surface area contributed by atoms with Gasteiger partial charge in [-0.15, -0.1) is 0 Å². The van der Waals surface area contributed by atoms with Gasteiger partial charge in [-0.2, -0.15) is 13.2 Å². The lowest BCUT2D eigenvalue weighted by atomic mass is 10.3. The van der Waals surface area contributed by atoms with E-state index >= 15 is 0 Å². The van der Waals surface area contributed by atoms with Crippen molar-refractivity contribution in [2.75, 3.05) is 0 Å². The first kappa shape index (κ1) is 9.86. The van der Waals surface area contributed by atoms with Crippen molar-refractivity contribution in [3.05, 3.63) is 11.9 Å². The summed E-state index contributed by atoms with van der Waals surface area (Å²) in [6.07, 6.45) is -6.31. The fourth-order valence-corrected chi connectivity index (χ4v) is 0.264. The van der Waals surface area contributed by atoms with Crippen LogP contribution < -0.4 is 0 Å². The Bertz CT molecular complexity index is 181. The molecule has 0 aromatic carbocycles. The van der Waals surface area contributed by atoms with Crippen LogP contribution >= 0.6 is 0 Å². The number of halogens is 5.